The molecule has 5 nitrogen and oxygen atoms in total. The molecule has 0 bridgehead atoms. The first-order valence-corrected chi connectivity index (χ1v) is 11.2. The number of ether oxygens (including phenoxy) is 1. The van der Waals surface area contributed by atoms with E-state index < -0.39 is 0 Å². The molecule has 0 aliphatic carbocycles. The standard InChI is InChI=1S/C26H28N4OS/c1-19-23(24-16-22(31-2)11-12-25(24)29-19)13-15-30(18-21-10-6-7-14-27-21)26(32)28-17-20-8-4-3-5-9-20/h3-12,14,16,29H,13,15,17-18H2,1-2H3,(H,28,32). The van der Waals surface area contributed by atoms with Crippen molar-refractivity contribution >= 4 is 28.2 Å². The highest BCUT2D eigenvalue weighted by Crippen LogP contribution is 2.27. The van der Waals surface area contributed by atoms with Gasteiger partial charge >= 0.3 is 0 Å². The van der Waals surface area contributed by atoms with Crippen LogP contribution in [0.4, 0.5) is 0 Å². The monoisotopic (exact) mass is 444 g/mol. The zero-order valence-electron chi connectivity index (χ0n) is 18.5. The third kappa shape index (κ3) is 5.26. The van der Waals surface area contributed by atoms with Crippen LogP contribution >= 0.6 is 12.2 Å². The molecule has 32 heavy (non-hydrogen) atoms. The first-order chi connectivity index (χ1) is 15.6. The predicted octanol–water partition coefficient (Wildman–Crippen LogP) is 5.00. The fourth-order valence-corrected chi connectivity index (χ4v) is 4.11. The summed E-state index contributed by atoms with van der Waals surface area (Å²) in [6, 6.07) is 22.4. The summed E-state index contributed by atoms with van der Waals surface area (Å²) in [5.41, 5.74) is 5.78. The molecule has 0 unspecified atom stereocenters. The maximum absolute atomic E-state index is 5.80. The second-order valence-electron chi connectivity index (χ2n) is 7.78. The lowest BCUT2D eigenvalue weighted by Crippen LogP contribution is -2.40. The van der Waals surface area contributed by atoms with E-state index in [1.54, 1.807) is 7.11 Å². The highest BCUT2D eigenvalue weighted by atomic mass is 32.1. The van der Waals surface area contributed by atoms with Gasteiger partial charge in [0.2, 0.25) is 0 Å². The smallest absolute Gasteiger partial charge is 0.169 e. The number of aromatic amines is 1. The Labute approximate surface area is 194 Å². The molecule has 6 heteroatoms. The van der Waals surface area contributed by atoms with Gasteiger partial charge in [0, 0.05) is 35.9 Å². The van der Waals surface area contributed by atoms with Crippen LogP contribution in [0.15, 0.2) is 72.9 Å². The van der Waals surface area contributed by atoms with Crippen molar-refractivity contribution < 1.29 is 4.74 Å². The minimum absolute atomic E-state index is 0.659. The number of pyridine rings is 1. The van der Waals surface area contributed by atoms with Crippen molar-refractivity contribution in [3.63, 3.8) is 0 Å². The molecule has 0 spiro atoms. The summed E-state index contributed by atoms with van der Waals surface area (Å²) in [6.07, 6.45) is 2.68. The number of benzene rings is 2. The summed E-state index contributed by atoms with van der Waals surface area (Å²) in [5.74, 6) is 0.864. The second-order valence-corrected chi connectivity index (χ2v) is 8.16. The number of fused-ring (bicyclic) bond motifs is 1. The Bertz CT molecular complexity index is 1170. The van der Waals surface area contributed by atoms with Gasteiger partial charge < -0.3 is 19.9 Å². The molecule has 0 saturated carbocycles. The molecule has 2 aromatic carbocycles. The molecule has 164 valence electrons. The molecule has 4 aromatic rings. The number of nitrogens with zero attached hydrogens (tertiary/aromatic N) is 2. The van der Waals surface area contributed by atoms with Gasteiger partial charge in [-0.3, -0.25) is 4.98 Å². The van der Waals surface area contributed by atoms with Crippen LogP contribution in [0.3, 0.4) is 0 Å². The Kier molecular flexibility index (Phi) is 7.02. The van der Waals surface area contributed by atoms with E-state index in [2.05, 4.69) is 51.4 Å². The average Bonchev–Trinajstić information content (AvgIpc) is 3.15. The molecule has 0 fully saturated rings. The van der Waals surface area contributed by atoms with Crippen molar-refractivity contribution in [1.29, 1.82) is 0 Å². The number of H-pyrrole nitrogens is 1. The SMILES string of the molecule is COc1ccc2[nH]c(C)c(CCN(Cc3ccccn3)C(=S)NCc3ccccc3)c2c1. The molecular weight excluding hydrogens is 416 g/mol. The number of hydrogen-bond acceptors (Lipinski definition) is 3. The van der Waals surface area contributed by atoms with E-state index in [0.717, 1.165) is 35.0 Å². The highest BCUT2D eigenvalue weighted by molar-refractivity contribution is 7.80. The number of aromatic nitrogens is 2. The van der Waals surface area contributed by atoms with Crippen LogP contribution in [0.1, 0.15) is 22.5 Å². The van der Waals surface area contributed by atoms with Gasteiger partial charge in [0.05, 0.1) is 19.3 Å². The third-order valence-corrected chi connectivity index (χ3v) is 6.01. The Morgan fingerprint density at radius 3 is 2.66 bits per heavy atom. The summed E-state index contributed by atoms with van der Waals surface area (Å²) in [7, 11) is 1.70. The lowest BCUT2D eigenvalue weighted by molar-refractivity contribution is 0.404. The van der Waals surface area contributed by atoms with E-state index in [1.807, 2.05) is 48.7 Å². The Hall–Kier alpha value is -3.38. The van der Waals surface area contributed by atoms with Gasteiger partial charge in [0.15, 0.2) is 5.11 Å². The van der Waals surface area contributed by atoms with Crippen molar-refractivity contribution in [2.24, 2.45) is 0 Å². The fraction of sp³-hybridized carbons (Fsp3) is 0.231. The van der Waals surface area contributed by atoms with Crippen molar-refractivity contribution in [2.75, 3.05) is 13.7 Å². The normalized spacial score (nSPS) is 10.8. The number of methoxy groups -OCH3 is 1. The lowest BCUT2D eigenvalue weighted by atomic mass is 10.1. The van der Waals surface area contributed by atoms with E-state index >= 15 is 0 Å². The number of rotatable bonds is 8. The van der Waals surface area contributed by atoms with Gasteiger partial charge in [-0.2, -0.15) is 0 Å². The minimum Gasteiger partial charge on any atom is -0.497 e. The summed E-state index contributed by atoms with van der Waals surface area (Å²) < 4.78 is 5.44. The molecule has 0 amide bonds. The molecule has 0 aliphatic rings. The molecule has 0 atom stereocenters. The number of hydrogen-bond donors (Lipinski definition) is 2. The summed E-state index contributed by atoms with van der Waals surface area (Å²) in [6.45, 7) is 4.26. The van der Waals surface area contributed by atoms with Gasteiger partial charge in [0.1, 0.15) is 5.75 Å². The molecule has 2 aromatic heterocycles. The van der Waals surface area contributed by atoms with Crippen LogP contribution in [0.5, 0.6) is 5.75 Å². The van der Waals surface area contributed by atoms with E-state index in [0.29, 0.717) is 13.1 Å². The Morgan fingerprint density at radius 2 is 1.91 bits per heavy atom. The quantitative estimate of drug-likeness (QED) is 0.375. The van der Waals surface area contributed by atoms with Gasteiger partial charge in [-0.1, -0.05) is 36.4 Å². The minimum atomic E-state index is 0.659. The Morgan fingerprint density at radius 1 is 1.09 bits per heavy atom. The van der Waals surface area contributed by atoms with Crippen LogP contribution in [0.2, 0.25) is 0 Å². The van der Waals surface area contributed by atoms with E-state index in [-0.39, 0.29) is 0 Å². The van der Waals surface area contributed by atoms with Crippen molar-refractivity contribution in [2.45, 2.75) is 26.4 Å². The van der Waals surface area contributed by atoms with Gasteiger partial charge in [-0.05, 0) is 67.0 Å². The fourth-order valence-electron chi connectivity index (χ4n) is 3.88. The van der Waals surface area contributed by atoms with Crippen LogP contribution < -0.4 is 10.1 Å². The molecule has 0 aliphatic heterocycles. The second kappa shape index (κ2) is 10.3. The van der Waals surface area contributed by atoms with Gasteiger partial charge in [-0.15, -0.1) is 0 Å². The zero-order valence-corrected chi connectivity index (χ0v) is 19.3. The molecule has 2 N–H and O–H groups in total. The Balaban J connectivity index is 1.51. The number of nitrogens with one attached hydrogen (secondary N) is 2. The topological polar surface area (TPSA) is 53.2 Å². The highest BCUT2D eigenvalue weighted by Gasteiger charge is 2.15. The lowest BCUT2D eigenvalue weighted by Gasteiger charge is -2.26. The first kappa shape index (κ1) is 21.8. The zero-order chi connectivity index (χ0) is 22.3. The van der Waals surface area contributed by atoms with Crippen LogP contribution in [0, 0.1) is 6.92 Å². The number of aryl methyl sites for hydroxylation is 1. The van der Waals surface area contributed by atoms with Gasteiger partial charge in [0.25, 0.3) is 0 Å². The van der Waals surface area contributed by atoms with E-state index in [1.165, 1.54) is 22.2 Å². The molecule has 0 radical (unpaired) electrons. The summed E-state index contributed by atoms with van der Waals surface area (Å²) >= 11 is 5.80. The van der Waals surface area contributed by atoms with Gasteiger partial charge in [-0.25, -0.2) is 0 Å². The maximum Gasteiger partial charge on any atom is 0.169 e. The molecule has 4 rings (SSSR count). The van der Waals surface area contributed by atoms with Crippen molar-refractivity contribution in [3.8, 4) is 5.75 Å². The predicted molar refractivity (Wildman–Crippen MR) is 134 cm³/mol. The van der Waals surface area contributed by atoms with Crippen molar-refractivity contribution in [3.05, 3.63) is 95.4 Å². The van der Waals surface area contributed by atoms with Crippen LogP contribution in [-0.4, -0.2) is 33.6 Å². The summed E-state index contributed by atoms with van der Waals surface area (Å²) in [4.78, 5) is 10.2. The molecule has 2 heterocycles. The van der Waals surface area contributed by atoms with Crippen molar-refractivity contribution in [1.82, 2.24) is 20.2 Å². The first-order valence-electron chi connectivity index (χ1n) is 10.8. The summed E-state index contributed by atoms with van der Waals surface area (Å²) in [5, 5.41) is 5.35. The average molecular weight is 445 g/mol. The number of thiocarbonyl (C=S) groups is 1. The van der Waals surface area contributed by atoms with Crippen LogP contribution in [0.25, 0.3) is 10.9 Å². The molecular formula is C26H28N4OS. The largest absolute Gasteiger partial charge is 0.497 e. The third-order valence-electron chi connectivity index (χ3n) is 5.61. The van der Waals surface area contributed by atoms with E-state index in [4.69, 9.17) is 17.0 Å². The molecule has 0 saturated heterocycles. The van der Waals surface area contributed by atoms with E-state index in [9.17, 15) is 0 Å². The van der Waals surface area contributed by atoms with Crippen LogP contribution in [-0.2, 0) is 19.5 Å². The maximum atomic E-state index is 5.80.